The van der Waals surface area contributed by atoms with Crippen LogP contribution in [0.4, 0.5) is 20.3 Å². The Bertz CT molecular complexity index is 1250. The first-order valence-corrected chi connectivity index (χ1v) is 13.0. The summed E-state index contributed by atoms with van der Waals surface area (Å²) in [6, 6.07) is 15.0. The first kappa shape index (κ1) is 24.5. The molecule has 1 amide bonds. The molecule has 0 bridgehead atoms. The maximum atomic E-state index is 12.6. The summed E-state index contributed by atoms with van der Waals surface area (Å²) >= 11 is 0. The Morgan fingerprint density at radius 1 is 0.947 bits per heavy atom. The molecule has 1 aromatic carbocycles. The van der Waals surface area contributed by atoms with Crippen molar-refractivity contribution in [3.8, 4) is 5.88 Å². The van der Waals surface area contributed by atoms with E-state index in [-0.39, 0.29) is 18.2 Å². The van der Waals surface area contributed by atoms with Gasteiger partial charge in [-0.2, -0.15) is 0 Å². The molecule has 1 saturated carbocycles. The Morgan fingerprint density at radius 3 is 2.21 bits per heavy atom. The van der Waals surface area contributed by atoms with Gasteiger partial charge >= 0.3 is 0 Å². The summed E-state index contributed by atoms with van der Waals surface area (Å²) in [6.07, 6.45) is -1.21. The molecule has 2 saturated heterocycles. The maximum absolute atomic E-state index is 12.6. The minimum atomic E-state index is -2.59. The Balaban J connectivity index is 0.963. The fourth-order valence-corrected chi connectivity index (χ4v) is 6.16. The number of benzene rings is 1. The molecule has 3 aromatic rings. The molecule has 0 radical (unpaired) electrons. The Hall–Kier alpha value is -3.82. The largest absolute Gasteiger partial charge is 0.472 e. The van der Waals surface area contributed by atoms with Gasteiger partial charge < -0.3 is 19.9 Å². The number of rotatable bonds is 8. The van der Waals surface area contributed by atoms with Gasteiger partial charge in [0, 0.05) is 63.2 Å². The van der Waals surface area contributed by atoms with Crippen LogP contribution < -0.4 is 15.0 Å². The van der Waals surface area contributed by atoms with Gasteiger partial charge in [-0.15, -0.1) is 10.2 Å². The standard InChI is InChI=1S/C28H30F2N6O2/c1-17(37)35-12-21-22(13-35)24-15-36(14-23(21)24)20-5-2-18(3-6-20)10-32-26-8-9-27(34-33-26)38-16-19-4-7-25(28(29)30)31-11-19/h2-9,11,21-24,28H,10,12-16H2,1H3,(H,32,33)/t21-,22+,23+,24-. The average molecular weight is 521 g/mol. The van der Waals surface area contributed by atoms with Crippen molar-refractivity contribution in [2.75, 3.05) is 36.4 Å². The van der Waals surface area contributed by atoms with Gasteiger partial charge in [-0.05, 0) is 53.5 Å². The molecule has 6 rings (SSSR count). The second kappa shape index (κ2) is 10.2. The van der Waals surface area contributed by atoms with Gasteiger partial charge in [0.25, 0.3) is 6.43 Å². The number of carbonyl (C=O) groups is 1. The van der Waals surface area contributed by atoms with E-state index in [1.54, 1.807) is 25.1 Å². The van der Waals surface area contributed by atoms with Gasteiger partial charge in [0.05, 0.1) is 0 Å². The quantitative estimate of drug-likeness (QED) is 0.478. The fraction of sp³-hybridized carbons (Fsp3) is 0.429. The Labute approximate surface area is 220 Å². The highest BCUT2D eigenvalue weighted by atomic mass is 19.3. The van der Waals surface area contributed by atoms with Crippen LogP contribution in [0.3, 0.4) is 0 Å². The summed E-state index contributed by atoms with van der Waals surface area (Å²) in [4.78, 5) is 20.0. The van der Waals surface area contributed by atoms with Crippen molar-refractivity contribution in [3.63, 3.8) is 0 Å². The van der Waals surface area contributed by atoms with Gasteiger partial charge in [-0.3, -0.25) is 9.78 Å². The van der Waals surface area contributed by atoms with E-state index in [0.29, 0.717) is 47.5 Å². The molecular formula is C28H30F2N6O2. The van der Waals surface area contributed by atoms with Gasteiger partial charge in [-0.1, -0.05) is 18.2 Å². The first-order valence-electron chi connectivity index (χ1n) is 13.0. The second-order valence-corrected chi connectivity index (χ2v) is 10.4. The molecule has 1 aliphatic carbocycles. The number of hydrogen-bond acceptors (Lipinski definition) is 7. The fourth-order valence-electron chi connectivity index (χ4n) is 6.16. The van der Waals surface area contributed by atoms with E-state index in [2.05, 4.69) is 49.7 Å². The van der Waals surface area contributed by atoms with E-state index >= 15 is 0 Å². The Morgan fingerprint density at radius 2 is 1.63 bits per heavy atom. The van der Waals surface area contributed by atoms with E-state index < -0.39 is 6.43 Å². The van der Waals surface area contributed by atoms with Gasteiger partial charge in [0.1, 0.15) is 18.1 Å². The van der Waals surface area contributed by atoms with Crippen molar-refractivity contribution < 1.29 is 18.3 Å². The number of anilines is 2. The van der Waals surface area contributed by atoms with Crippen molar-refractivity contribution >= 4 is 17.4 Å². The van der Waals surface area contributed by atoms with E-state index in [0.717, 1.165) is 31.7 Å². The number of fused-ring (bicyclic) bond motifs is 4. The summed E-state index contributed by atoms with van der Waals surface area (Å²) in [5.41, 5.74) is 2.81. The van der Waals surface area contributed by atoms with Crippen molar-refractivity contribution in [2.24, 2.45) is 23.7 Å². The molecule has 8 nitrogen and oxygen atoms in total. The minimum Gasteiger partial charge on any atom is -0.472 e. The number of hydrogen-bond donors (Lipinski definition) is 1. The summed E-state index contributed by atoms with van der Waals surface area (Å²) in [7, 11) is 0. The van der Waals surface area contributed by atoms with Crippen LogP contribution in [0.15, 0.2) is 54.7 Å². The van der Waals surface area contributed by atoms with Crippen LogP contribution in [-0.2, 0) is 17.9 Å². The number of nitrogens with zero attached hydrogens (tertiary/aromatic N) is 5. The number of aromatic nitrogens is 3. The molecule has 38 heavy (non-hydrogen) atoms. The maximum Gasteiger partial charge on any atom is 0.280 e. The number of amides is 1. The monoisotopic (exact) mass is 520 g/mol. The van der Waals surface area contributed by atoms with Crippen LogP contribution in [0.25, 0.3) is 0 Å². The lowest BCUT2D eigenvalue weighted by atomic mass is 9.60. The molecule has 3 fully saturated rings. The summed E-state index contributed by atoms with van der Waals surface area (Å²) in [6.45, 7) is 6.50. The Kier molecular flexibility index (Phi) is 6.55. The van der Waals surface area contributed by atoms with E-state index in [1.807, 2.05) is 4.90 Å². The van der Waals surface area contributed by atoms with Crippen LogP contribution in [-0.4, -0.2) is 52.2 Å². The minimum absolute atomic E-state index is 0.168. The summed E-state index contributed by atoms with van der Waals surface area (Å²) < 4.78 is 30.8. The van der Waals surface area contributed by atoms with Crippen molar-refractivity contribution in [1.29, 1.82) is 0 Å². The number of alkyl halides is 2. The smallest absolute Gasteiger partial charge is 0.280 e. The molecule has 2 aliphatic heterocycles. The molecule has 10 heteroatoms. The van der Waals surface area contributed by atoms with E-state index in [4.69, 9.17) is 4.74 Å². The predicted octanol–water partition coefficient (Wildman–Crippen LogP) is 4.16. The zero-order chi connectivity index (χ0) is 26.2. The van der Waals surface area contributed by atoms with Gasteiger partial charge in [-0.25, -0.2) is 8.78 Å². The van der Waals surface area contributed by atoms with Crippen molar-refractivity contribution in [1.82, 2.24) is 20.1 Å². The highest BCUT2D eigenvalue weighted by molar-refractivity contribution is 5.73. The van der Waals surface area contributed by atoms with E-state index in [1.165, 1.54) is 18.0 Å². The molecule has 3 aliphatic rings. The van der Waals surface area contributed by atoms with Gasteiger partial charge in [0.15, 0.2) is 0 Å². The third kappa shape index (κ3) is 4.87. The molecule has 4 heterocycles. The highest BCUT2D eigenvalue weighted by Gasteiger charge is 2.58. The summed E-state index contributed by atoms with van der Waals surface area (Å²) in [5, 5.41) is 11.5. The van der Waals surface area contributed by atoms with Crippen LogP contribution >= 0.6 is 0 Å². The first-order chi connectivity index (χ1) is 18.4. The molecule has 198 valence electrons. The number of nitrogens with one attached hydrogen (secondary N) is 1. The number of likely N-dealkylation sites (tertiary alicyclic amines) is 1. The number of halogens is 2. The lowest BCUT2D eigenvalue weighted by Gasteiger charge is -2.42. The normalized spacial score (nSPS) is 23.7. The van der Waals surface area contributed by atoms with Crippen LogP contribution in [0, 0.1) is 23.7 Å². The topological polar surface area (TPSA) is 83.5 Å². The number of pyridine rings is 1. The second-order valence-electron chi connectivity index (χ2n) is 10.4. The molecule has 2 aromatic heterocycles. The zero-order valence-corrected chi connectivity index (χ0v) is 21.1. The SMILES string of the molecule is CC(=O)N1C[C@@H]2[C@H](C1)[C@H]1CN(c3ccc(CNc4ccc(OCc5ccc(C(F)F)nc5)nn4)cc3)C[C@@H]21. The summed E-state index contributed by atoms with van der Waals surface area (Å²) in [5.74, 6) is 3.95. The molecule has 0 unspecified atom stereocenters. The molecule has 1 N–H and O–H groups in total. The van der Waals surface area contributed by atoms with Crippen LogP contribution in [0.2, 0.25) is 0 Å². The third-order valence-electron chi connectivity index (χ3n) is 8.24. The predicted molar refractivity (Wildman–Crippen MR) is 138 cm³/mol. The number of carbonyl (C=O) groups excluding carboxylic acids is 1. The number of ether oxygens (including phenoxy) is 1. The lowest BCUT2D eigenvalue weighted by molar-refractivity contribution is -0.127. The average Bonchev–Trinajstić information content (AvgIpc) is 3.51. The zero-order valence-electron chi connectivity index (χ0n) is 21.1. The lowest BCUT2D eigenvalue weighted by Crippen LogP contribution is -2.44. The molecule has 0 spiro atoms. The van der Waals surface area contributed by atoms with Crippen LogP contribution in [0.1, 0.15) is 30.2 Å². The van der Waals surface area contributed by atoms with Crippen molar-refractivity contribution in [3.05, 3.63) is 71.5 Å². The van der Waals surface area contributed by atoms with Crippen molar-refractivity contribution in [2.45, 2.75) is 26.5 Å². The molecular weight excluding hydrogens is 490 g/mol. The third-order valence-corrected chi connectivity index (χ3v) is 8.24. The van der Waals surface area contributed by atoms with Gasteiger partial charge in [0.2, 0.25) is 11.8 Å². The van der Waals surface area contributed by atoms with Crippen LogP contribution in [0.5, 0.6) is 5.88 Å². The highest BCUT2D eigenvalue weighted by Crippen LogP contribution is 2.54. The molecule has 4 atom stereocenters. The van der Waals surface area contributed by atoms with E-state index in [9.17, 15) is 13.6 Å².